The van der Waals surface area contributed by atoms with Crippen molar-refractivity contribution >= 4 is 11.9 Å². The van der Waals surface area contributed by atoms with Crippen LogP contribution in [0.15, 0.2) is 36.8 Å². The number of imidazole rings is 1. The van der Waals surface area contributed by atoms with Gasteiger partial charge in [0.25, 0.3) is 0 Å². The van der Waals surface area contributed by atoms with Gasteiger partial charge < -0.3 is 14.6 Å². The number of aryl methyl sites for hydroxylation is 2. The highest BCUT2D eigenvalue weighted by atomic mass is 19.1. The van der Waals surface area contributed by atoms with E-state index < -0.39 is 11.9 Å². The van der Waals surface area contributed by atoms with E-state index in [1.54, 1.807) is 34.1 Å². The van der Waals surface area contributed by atoms with Gasteiger partial charge in [-0.3, -0.25) is 9.59 Å². The fourth-order valence-corrected chi connectivity index (χ4v) is 3.34. The van der Waals surface area contributed by atoms with Crippen molar-refractivity contribution in [3.8, 4) is 0 Å². The van der Waals surface area contributed by atoms with Crippen molar-refractivity contribution in [2.45, 2.75) is 18.8 Å². The monoisotopic (exact) mass is 345 g/mol. The van der Waals surface area contributed by atoms with Crippen LogP contribution in [0.4, 0.5) is 4.39 Å². The number of nitrogens with zero attached hydrogens (tertiary/aromatic N) is 3. The third-order valence-electron chi connectivity index (χ3n) is 4.76. The number of carbonyl (C=O) groups excluding carboxylic acids is 1. The minimum Gasteiger partial charge on any atom is -0.481 e. The predicted octanol–water partition coefficient (Wildman–Crippen LogP) is 1.82. The fraction of sp³-hybridized carbons (Fsp3) is 0.389. The van der Waals surface area contributed by atoms with E-state index in [0.29, 0.717) is 13.0 Å². The van der Waals surface area contributed by atoms with Crippen LogP contribution in [-0.4, -0.2) is 44.5 Å². The summed E-state index contributed by atoms with van der Waals surface area (Å²) < 4.78 is 14.7. The Morgan fingerprint density at radius 2 is 2.00 bits per heavy atom. The molecule has 2 heterocycles. The van der Waals surface area contributed by atoms with Crippen LogP contribution in [0.5, 0.6) is 0 Å². The minimum absolute atomic E-state index is 0.0831. The van der Waals surface area contributed by atoms with E-state index in [0.717, 1.165) is 11.3 Å². The molecule has 2 atom stereocenters. The number of halogens is 1. The molecule has 1 amide bonds. The summed E-state index contributed by atoms with van der Waals surface area (Å²) in [5.41, 5.74) is 1.70. The van der Waals surface area contributed by atoms with Gasteiger partial charge >= 0.3 is 5.97 Å². The zero-order valence-corrected chi connectivity index (χ0v) is 13.9. The zero-order chi connectivity index (χ0) is 18.0. The molecule has 0 unspecified atom stereocenters. The lowest BCUT2D eigenvalue weighted by atomic mass is 9.93. The van der Waals surface area contributed by atoms with E-state index in [4.69, 9.17) is 0 Å². The van der Waals surface area contributed by atoms with Crippen molar-refractivity contribution < 1.29 is 19.1 Å². The van der Waals surface area contributed by atoms with E-state index in [1.807, 2.05) is 7.05 Å². The summed E-state index contributed by atoms with van der Waals surface area (Å²) in [6.45, 7) is 0.576. The van der Waals surface area contributed by atoms with Crippen LogP contribution in [0.3, 0.4) is 0 Å². The number of carboxylic acids is 1. The van der Waals surface area contributed by atoms with Crippen LogP contribution in [0.2, 0.25) is 0 Å². The van der Waals surface area contributed by atoms with Crippen molar-refractivity contribution in [3.05, 3.63) is 53.9 Å². The summed E-state index contributed by atoms with van der Waals surface area (Å²) in [6, 6.07) is 6.05. The van der Waals surface area contributed by atoms with Gasteiger partial charge in [-0.15, -0.1) is 0 Å². The average Bonchev–Trinajstić information content (AvgIpc) is 3.20. The van der Waals surface area contributed by atoms with Crippen LogP contribution in [0.1, 0.15) is 23.6 Å². The van der Waals surface area contributed by atoms with Gasteiger partial charge in [-0.1, -0.05) is 12.1 Å². The van der Waals surface area contributed by atoms with E-state index >= 15 is 0 Å². The number of rotatable bonds is 5. The molecule has 7 heteroatoms. The van der Waals surface area contributed by atoms with E-state index in [9.17, 15) is 19.1 Å². The molecule has 132 valence electrons. The lowest BCUT2D eigenvalue weighted by Gasteiger charge is -2.16. The topological polar surface area (TPSA) is 75.4 Å². The standard InChI is InChI=1S/C18H20FN3O3/c1-21-11-20-8-16(21)14-9-22(10-15(14)18(24)25)17(23)7-4-12-2-5-13(19)6-3-12/h2-3,5-6,8,11,14-15H,4,7,9-10H2,1H3,(H,24,25)/t14-,15-/m1/s1. The third kappa shape index (κ3) is 3.70. The number of carboxylic acid groups (broad SMARTS) is 1. The molecule has 1 aliphatic rings. The molecule has 1 saturated heterocycles. The number of hydrogen-bond donors (Lipinski definition) is 1. The predicted molar refractivity (Wildman–Crippen MR) is 88.4 cm³/mol. The molecule has 1 aromatic heterocycles. The molecule has 25 heavy (non-hydrogen) atoms. The Bertz CT molecular complexity index is 772. The first-order valence-electron chi connectivity index (χ1n) is 8.17. The van der Waals surface area contributed by atoms with Gasteiger partial charge in [0, 0.05) is 44.4 Å². The SMILES string of the molecule is Cn1cncc1[C@@H]1CN(C(=O)CCc2ccc(F)cc2)C[C@H]1C(=O)O. The Kier molecular flexibility index (Phi) is 4.83. The number of aliphatic carboxylic acids is 1. The van der Waals surface area contributed by atoms with E-state index in [-0.39, 0.29) is 30.6 Å². The Hall–Kier alpha value is -2.70. The molecule has 6 nitrogen and oxygen atoms in total. The van der Waals surface area contributed by atoms with Gasteiger partial charge in [0.05, 0.1) is 12.2 Å². The molecule has 0 saturated carbocycles. The highest BCUT2D eigenvalue weighted by Gasteiger charge is 2.41. The van der Waals surface area contributed by atoms with Crippen molar-refractivity contribution in [1.82, 2.24) is 14.5 Å². The van der Waals surface area contributed by atoms with Crippen molar-refractivity contribution in [1.29, 1.82) is 0 Å². The quantitative estimate of drug-likeness (QED) is 0.897. The summed E-state index contributed by atoms with van der Waals surface area (Å²) in [6.07, 6.45) is 4.07. The van der Waals surface area contributed by atoms with Crippen molar-refractivity contribution in [2.24, 2.45) is 13.0 Å². The Labute approximate surface area is 144 Å². The second kappa shape index (κ2) is 7.04. The first-order chi connectivity index (χ1) is 12.0. The summed E-state index contributed by atoms with van der Waals surface area (Å²) in [7, 11) is 1.82. The number of carbonyl (C=O) groups is 2. The van der Waals surface area contributed by atoms with Crippen molar-refractivity contribution in [2.75, 3.05) is 13.1 Å². The molecule has 1 fully saturated rings. The first-order valence-corrected chi connectivity index (χ1v) is 8.17. The molecule has 0 spiro atoms. The summed E-state index contributed by atoms with van der Waals surface area (Å²) in [5, 5.41) is 9.50. The molecule has 0 aliphatic carbocycles. The van der Waals surface area contributed by atoms with Crippen LogP contribution in [0.25, 0.3) is 0 Å². The van der Waals surface area contributed by atoms with Gasteiger partial charge in [0.1, 0.15) is 5.82 Å². The number of benzene rings is 1. The molecule has 1 aliphatic heterocycles. The minimum atomic E-state index is -0.903. The molecule has 0 bridgehead atoms. The summed E-state index contributed by atoms with van der Waals surface area (Å²) in [4.78, 5) is 29.7. The molecule has 2 aromatic rings. The normalized spacial score (nSPS) is 20.0. The average molecular weight is 345 g/mol. The summed E-state index contributed by atoms with van der Waals surface area (Å²) in [5.74, 6) is -2.19. The maximum atomic E-state index is 12.9. The van der Waals surface area contributed by atoms with Crippen LogP contribution in [-0.2, 0) is 23.1 Å². The lowest BCUT2D eigenvalue weighted by molar-refractivity contribution is -0.141. The van der Waals surface area contributed by atoms with Gasteiger partial charge in [-0.2, -0.15) is 0 Å². The lowest BCUT2D eigenvalue weighted by Crippen LogP contribution is -2.30. The van der Waals surface area contributed by atoms with Crippen molar-refractivity contribution in [3.63, 3.8) is 0 Å². The highest BCUT2D eigenvalue weighted by Crippen LogP contribution is 2.33. The van der Waals surface area contributed by atoms with Crippen LogP contribution < -0.4 is 0 Å². The van der Waals surface area contributed by atoms with Crippen LogP contribution in [0, 0.1) is 11.7 Å². The fourth-order valence-electron chi connectivity index (χ4n) is 3.34. The Morgan fingerprint density at radius 3 is 2.60 bits per heavy atom. The number of amides is 1. The second-order valence-corrected chi connectivity index (χ2v) is 6.41. The maximum Gasteiger partial charge on any atom is 0.309 e. The van der Waals surface area contributed by atoms with Gasteiger partial charge in [0.2, 0.25) is 5.91 Å². The Morgan fingerprint density at radius 1 is 1.28 bits per heavy atom. The number of hydrogen-bond acceptors (Lipinski definition) is 3. The smallest absolute Gasteiger partial charge is 0.309 e. The molecular weight excluding hydrogens is 325 g/mol. The molecule has 0 radical (unpaired) electrons. The largest absolute Gasteiger partial charge is 0.481 e. The molecular formula is C18H20FN3O3. The Balaban J connectivity index is 1.66. The molecule has 1 aromatic carbocycles. The van der Waals surface area contributed by atoms with E-state index in [1.165, 1.54) is 12.1 Å². The maximum absolute atomic E-state index is 12.9. The highest BCUT2D eigenvalue weighted by molar-refractivity contribution is 5.79. The summed E-state index contributed by atoms with van der Waals surface area (Å²) >= 11 is 0. The molecule has 1 N–H and O–H groups in total. The van der Waals surface area contributed by atoms with E-state index in [2.05, 4.69) is 4.98 Å². The number of aromatic nitrogens is 2. The third-order valence-corrected chi connectivity index (χ3v) is 4.76. The molecule has 3 rings (SSSR count). The second-order valence-electron chi connectivity index (χ2n) is 6.41. The van der Waals surface area contributed by atoms with Gasteiger partial charge in [-0.25, -0.2) is 9.37 Å². The number of likely N-dealkylation sites (tertiary alicyclic amines) is 1. The van der Waals surface area contributed by atoms with Gasteiger partial charge in [-0.05, 0) is 24.1 Å². The van der Waals surface area contributed by atoms with Gasteiger partial charge in [0.15, 0.2) is 0 Å². The zero-order valence-electron chi connectivity index (χ0n) is 13.9. The van der Waals surface area contributed by atoms with Crippen LogP contribution >= 0.6 is 0 Å². The first kappa shape index (κ1) is 17.1.